The normalized spacial score (nSPS) is 11.9. The van der Waals surface area contributed by atoms with Gasteiger partial charge in [-0.05, 0) is 13.0 Å². The molecule has 0 aliphatic carbocycles. The Balaban J connectivity index is 1.73. The van der Waals surface area contributed by atoms with Gasteiger partial charge >= 0.3 is 0 Å². The Hall–Kier alpha value is -1.62. The first-order valence-corrected chi connectivity index (χ1v) is 6.76. The van der Waals surface area contributed by atoms with Gasteiger partial charge in [0.25, 0.3) is 0 Å². The summed E-state index contributed by atoms with van der Waals surface area (Å²) in [4.78, 5) is 4.03. The van der Waals surface area contributed by atoms with E-state index in [1.807, 2.05) is 24.9 Å². The number of nitrogens with zero attached hydrogens (tertiary/aromatic N) is 3. The predicted molar refractivity (Wildman–Crippen MR) is 75.8 cm³/mol. The Morgan fingerprint density at radius 1 is 1.37 bits per heavy atom. The maximum atomic E-state index is 4.15. The molecular formula is C14H23N5. The van der Waals surface area contributed by atoms with Gasteiger partial charge in [0.05, 0.1) is 12.5 Å². The lowest BCUT2D eigenvalue weighted by Crippen LogP contribution is -2.20. The summed E-state index contributed by atoms with van der Waals surface area (Å²) in [6.07, 6.45) is 8.68. The summed E-state index contributed by atoms with van der Waals surface area (Å²) in [7, 11) is 0. The van der Waals surface area contributed by atoms with Gasteiger partial charge in [-0.25, -0.2) is 4.98 Å². The molecule has 0 aliphatic rings. The van der Waals surface area contributed by atoms with Gasteiger partial charge in [0, 0.05) is 42.2 Å². The van der Waals surface area contributed by atoms with E-state index in [0.29, 0.717) is 0 Å². The van der Waals surface area contributed by atoms with Gasteiger partial charge in [0.2, 0.25) is 0 Å². The van der Waals surface area contributed by atoms with E-state index in [1.54, 1.807) is 0 Å². The van der Waals surface area contributed by atoms with Gasteiger partial charge < -0.3 is 9.88 Å². The second-order valence-electron chi connectivity index (χ2n) is 5.85. The topological polar surface area (TPSA) is 58.5 Å². The van der Waals surface area contributed by atoms with E-state index in [4.69, 9.17) is 0 Å². The van der Waals surface area contributed by atoms with E-state index in [9.17, 15) is 0 Å². The van der Waals surface area contributed by atoms with E-state index in [2.05, 4.69) is 45.8 Å². The first kappa shape index (κ1) is 13.8. The van der Waals surface area contributed by atoms with Crippen LogP contribution in [0.3, 0.4) is 0 Å². The Morgan fingerprint density at radius 3 is 2.89 bits per heavy atom. The molecule has 2 heterocycles. The molecule has 0 bridgehead atoms. The lowest BCUT2D eigenvalue weighted by molar-refractivity contribution is 0.545. The zero-order valence-electron chi connectivity index (χ0n) is 12.0. The fourth-order valence-corrected chi connectivity index (χ4v) is 2.12. The lowest BCUT2D eigenvalue weighted by atomic mass is 9.89. The van der Waals surface area contributed by atoms with Crippen molar-refractivity contribution in [3.05, 3.63) is 36.2 Å². The number of aromatic amines is 1. The number of aromatic nitrogens is 4. The second-order valence-corrected chi connectivity index (χ2v) is 5.85. The highest BCUT2D eigenvalue weighted by Gasteiger charge is 2.19. The highest BCUT2D eigenvalue weighted by atomic mass is 15.1. The SMILES string of the molecule is CC(C)(C)c1[nH]ncc1CNCCCn1ccnc1. The standard InChI is InChI=1S/C14H23N5/c1-14(2,3)13-12(10-17-18-13)9-15-5-4-7-19-8-6-16-11-19/h6,8,10-11,15H,4-5,7,9H2,1-3H3,(H,17,18). The molecule has 5 heteroatoms. The molecule has 0 amide bonds. The summed E-state index contributed by atoms with van der Waals surface area (Å²) in [5.41, 5.74) is 2.59. The minimum atomic E-state index is 0.115. The first-order chi connectivity index (χ1) is 9.07. The number of rotatable bonds is 6. The van der Waals surface area contributed by atoms with Crippen molar-refractivity contribution in [2.24, 2.45) is 0 Å². The van der Waals surface area contributed by atoms with Crippen LogP contribution in [0.15, 0.2) is 24.9 Å². The summed E-state index contributed by atoms with van der Waals surface area (Å²) in [6.45, 7) is 9.46. The smallest absolute Gasteiger partial charge is 0.0945 e. The average Bonchev–Trinajstić information content (AvgIpc) is 2.97. The number of H-pyrrole nitrogens is 1. The quantitative estimate of drug-likeness (QED) is 0.783. The molecule has 0 aliphatic heterocycles. The Kier molecular flexibility index (Phi) is 4.37. The monoisotopic (exact) mass is 261 g/mol. The fraction of sp³-hybridized carbons (Fsp3) is 0.571. The third-order valence-corrected chi connectivity index (χ3v) is 3.11. The van der Waals surface area contributed by atoms with E-state index in [0.717, 1.165) is 26.1 Å². The molecule has 0 unspecified atom stereocenters. The van der Waals surface area contributed by atoms with Crippen LogP contribution < -0.4 is 5.32 Å². The molecule has 0 aromatic carbocycles. The number of hydrogen-bond acceptors (Lipinski definition) is 3. The molecule has 0 atom stereocenters. The van der Waals surface area contributed by atoms with Crippen molar-refractivity contribution in [3.8, 4) is 0 Å². The largest absolute Gasteiger partial charge is 0.337 e. The van der Waals surface area contributed by atoms with Crippen molar-refractivity contribution in [2.45, 2.75) is 45.7 Å². The van der Waals surface area contributed by atoms with Crippen LogP contribution in [0.2, 0.25) is 0 Å². The Labute approximate surface area is 114 Å². The number of imidazole rings is 1. The van der Waals surface area contributed by atoms with Crippen molar-refractivity contribution in [2.75, 3.05) is 6.54 Å². The molecule has 0 spiro atoms. The Morgan fingerprint density at radius 2 is 2.21 bits per heavy atom. The van der Waals surface area contributed by atoms with E-state index < -0.39 is 0 Å². The van der Waals surface area contributed by atoms with Crippen molar-refractivity contribution < 1.29 is 0 Å². The van der Waals surface area contributed by atoms with E-state index in [1.165, 1.54) is 11.3 Å². The fourth-order valence-electron chi connectivity index (χ4n) is 2.12. The van der Waals surface area contributed by atoms with Crippen LogP contribution in [0.25, 0.3) is 0 Å². The van der Waals surface area contributed by atoms with E-state index in [-0.39, 0.29) is 5.41 Å². The highest BCUT2D eigenvalue weighted by molar-refractivity contribution is 5.23. The summed E-state index contributed by atoms with van der Waals surface area (Å²) in [5, 5.41) is 10.7. The van der Waals surface area contributed by atoms with Crippen molar-refractivity contribution in [3.63, 3.8) is 0 Å². The van der Waals surface area contributed by atoms with Gasteiger partial charge in [-0.2, -0.15) is 5.10 Å². The summed E-state index contributed by atoms with van der Waals surface area (Å²) < 4.78 is 2.10. The molecule has 2 N–H and O–H groups in total. The van der Waals surface area contributed by atoms with Crippen LogP contribution >= 0.6 is 0 Å². The summed E-state index contributed by atoms with van der Waals surface area (Å²) in [5.74, 6) is 0. The summed E-state index contributed by atoms with van der Waals surface area (Å²) >= 11 is 0. The zero-order chi connectivity index (χ0) is 13.7. The molecule has 0 fully saturated rings. The van der Waals surface area contributed by atoms with Crippen molar-refractivity contribution in [1.29, 1.82) is 0 Å². The van der Waals surface area contributed by atoms with Crippen LogP contribution in [-0.2, 0) is 18.5 Å². The third-order valence-electron chi connectivity index (χ3n) is 3.11. The molecule has 2 aromatic rings. The molecule has 5 nitrogen and oxygen atoms in total. The third kappa shape index (κ3) is 3.92. The Bertz CT molecular complexity index is 478. The summed E-state index contributed by atoms with van der Waals surface area (Å²) in [6, 6.07) is 0. The minimum absolute atomic E-state index is 0.115. The molecule has 0 saturated heterocycles. The first-order valence-electron chi connectivity index (χ1n) is 6.76. The lowest BCUT2D eigenvalue weighted by Gasteiger charge is -2.18. The van der Waals surface area contributed by atoms with Gasteiger partial charge in [-0.1, -0.05) is 20.8 Å². The van der Waals surface area contributed by atoms with Gasteiger partial charge in [0.15, 0.2) is 0 Å². The second kappa shape index (κ2) is 6.02. The van der Waals surface area contributed by atoms with Crippen molar-refractivity contribution in [1.82, 2.24) is 25.1 Å². The number of aryl methyl sites for hydroxylation is 1. The molecule has 104 valence electrons. The number of hydrogen-bond donors (Lipinski definition) is 2. The molecule has 0 radical (unpaired) electrons. The molecule has 0 saturated carbocycles. The molecule has 19 heavy (non-hydrogen) atoms. The van der Waals surface area contributed by atoms with Crippen molar-refractivity contribution >= 4 is 0 Å². The van der Waals surface area contributed by atoms with Crippen LogP contribution in [0, 0.1) is 0 Å². The zero-order valence-corrected chi connectivity index (χ0v) is 12.0. The molecule has 2 rings (SSSR count). The predicted octanol–water partition coefficient (Wildman–Crippen LogP) is 2.08. The van der Waals surface area contributed by atoms with Gasteiger partial charge in [0.1, 0.15) is 0 Å². The maximum absolute atomic E-state index is 4.15. The van der Waals surface area contributed by atoms with E-state index >= 15 is 0 Å². The highest BCUT2D eigenvalue weighted by Crippen LogP contribution is 2.23. The average molecular weight is 261 g/mol. The van der Waals surface area contributed by atoms with Gasteiger partial charge in [-0.15, -0.1) is 0 Å². The number of nitrogens with one attached hydrogen (secondary N) is 2. The van der Waals surface area contributed by atoms with Gasteiger partial charge in [-0.3, -0.25) is 5.10 Å². The minimum Gasteiger partial charge on any atom is -0.337 e. The maximum Gasteiger partial charge on any atom is 0.0945 e. The van der Waals surface area contributed by atoms with Crippen LogP contribution in [0.1, 0.15) is 38.4 Å². The van der Waals surface area contributed by atoms with Crippen LogP contribution in [-0.4, -0.2) is 26.3 Å². The van der Waals surface area contributed by atoms with Crippen LogP contribution in [0.5, 0.6) is 0 Å². The van der Waals surface area contributed by atoms with Crippen LogP contribution in [0.4, 0.5) is 0 Å². The molecule has 2 aromatic heterocycles. The molecular weight excluding hydrogens is 238 g/mol.